The normalized spacial score (nSPS) is 17.2. The standard InChI is InChI=1S/C25H23F3N2O4S2/c26-19-5-2-1-4-18(19)16-8-10-17(11-9-16)36(33,34)30-13-15-35-25(30)24(32)29-22(12-14-31)23-20(27)6-3-7-21(23)28/h1-11,22,25,31H,12-15H2,(H,29,32)/t22-,25?/m0/s1. The van der Waals surface area contributed by atoms with E-state index in [1.807, 2.05) is 0 Å². The van der Waals surface area contributed by atoms with E-state index >= 15 is 0 Å². The summed E-state index contributed by atoms with van der Waals surface area (Å²) < 4.78 is 70.4. The van der Waals surface area contributed by atoms with Gasteiger partial charge in [-0.25, -0.2) is 21.6 Å². The van der Waals surface area contributed by atoms with E-state index in [0.717, 1.165) is 28.2 Å². The largest absolute Gasteiger partial charge is 0.396 e. The highest BCUT2D eigenvalue weighted by Gasteiger charge is 2.41. The topological polar surface area (TPSA) is 86.7 Å². The first-order chi connectivity index (χ1) is 17.2. The van der Waals surface area contributed by atoms with Crippen molar-refractivity contribution in [3.63, 3.8) is 0 Å². The first kappa shape index (κ1) is 26.2. The lowest BCUT2D eigenvalue weighted by Gasteiger charge is -2.26. The van der Waals surface area contributed by atoms with Gasteiger partial charge in [0.1, 0.15) is 22.8 Å². The molecule has 0 bridgehead atoms. The van der Waals surface area contributed by atoms with Gasteiger partial charge in [-0.15, -0.1) is 11.8 Å². The number of sulfonamides is 1. The van der Waals surface area contributed by atoms with Crippen molar-refractivity contribution in [1.82, 2.24) is 9.62 Å². The van der Waals surface area contributed by atoms with E-state index in [1.165, 1.54) is 36.4 Å². The van der Waals surface area contributed by atoms with Crippen molar-refractivity contribution in [3.8, 4) is 11.1 Å². The zero-order chi connectivity index (χ0) is 25.9. The first-order valence-electron chi connectivity index (χ1n) is 11.1. The van der Waals surface area contributed by atoms with E-state index in [4.69, 9.17) is 0 Å². The van der Waals surface area contributed by atoms with Gasteiger partial charge in [0.25, 0.3) is 0 Å². The number of halogens is 3. The molecule has 2 N–H and O–H groups in total. The van der Waals surface area contributed by atoms with Gasteiger partial charge in [0.2, 0.25) is 15.9 Å². The molecule has 0 saturated carbocycles. The summed E-state index contributed by atoms with van der Waals surface area (Å²) in [6, 6.07) is 13.9. The third-order valence-electron chi connectivity index (χ3n) is 5.80. The van der Waals surface area contributed by atoms with Gasteiger partial charge >= 0.3 is 0 Å². The number of nitrogens with zero attached hydrogens (tertiary/aromatic N) is 1. The minimum absolute atomic E-state index is 0.0544. The Morgan fingerprint density at radius 2 is 1.64 bits per heavy atom. The Bertz CT molecular complexity index is 1330. The number of aliphatic hydroxyl groups is 1. The maximum absolute atomic E-state index is 14.3. The lowest BCUT2D eigenvalue weighted by Crippen LogP contribution is -2.46. The van der Waals surface area contributed by atoms with Gasteiger partial charge in [0.15, 0.2) is 0 Å². The first-order valence-corrected chi connectivity index (χ1v) is 13.6. The molecule has 4 rings (SSSR count). The van der Waals surface area contributed by atoms with Crippen molar-refractivity contribution < 1.29 is 31.5 Å². The molecule has 11 heteroatoms. The Labute approximate surface area is 211 Å². The number of aliphatic hydroxyl groups excluding tert-OH is 1. The van der Waals surface area contributed by atoms with Crippen LogP contribution in [0.3, 0.4) is 0 Å². The molecule has 36 heavy (non-hydrogen) atoms. The second-order valence-electron chi connectivity index (χ2n) is 8.05. The lowest BCUT2D eigenvalue weighted by molar-refractivity contribution is -0.123. The minimum Gasteiger partial charge on any atom is -0.396 e. The molecule has 1 aliphatic heterocycles. The highest BCUT2D eigenvalue weighted by atomic mass is 32.2. The van der Waals surface area contributed by atoms with Crippen molar-refractivity contribution in [1.29, 1.82) is 0 Å². The molecule has 3 aromatic rings. The van der Waals surface area contributed by atoms with Crippen LogP contribution in [0.5, 0.6) is 0 Å². The lowest BCUT2D eigenvalue weighted by atomic mass is 10.0. The van der Waals surface area contributed by atoms with Gasteiger partial charge in [-0.1, -0.05) is 36.4 Å². The van der Waals surface area contributed by atoms with E-state index < -0.39 is 57.0 Å². The molecule has 1 unspecified atom stereocenters. The molecule has 0 spiro atoms. The molecular formula is C25H23F3N2O4S2. The van der Waals surface area contributed by atoms with Crippen LogP contribution >= 0.6 is 11.8 Å². The quantitative estimate of drug-likeness (QED) is 0.453. The molecule has 6 nitrogen and oxygen atoms in total. The molecule has 1 fully saturated rings. The predicted molar refractivity (Wildman–Crippen MR) is 131 cm³/mol. The zero-order valence-corrected chi connectivity index (χ0v) is 20.5. The van der Waals surface area contributed by atoms with Crippen LogP contribution in [-0.2, 0) is 14.8 Å². The maximum atomic E-state index is 14.3. The van der Waals surface area contributed by atoms with Crippen LogP contribution in [0.2, 0.25) is 0 Å². The Morgan fingerprint density at radius 3 is 2.28 bits per heavy atom. The van der Waals surface area contributed by atoms with Crippen molar-refractivity contribution in [3.05, 3.63) is 89.7 Å². The molecule has 1 saturated heterocycles. The monoisotopic (exact) mass is 536 g/mol. The third-order valence-corrected chi connectivity index (χ3v) is 9.02. The minimum atomic E-state index is -4.11. The van der Waals surface area contributed by atoms with Gasteiger partial charge in [-0.05, 0) is 42.3 Å². The van der Waals surface area contributed by atoms with Crippen molar-refractivity contribution in [2.24, 2.45) is 0 Å². The van der Waals surface area contributed by atoms with Crippen LogP contribution in [0.1, 0.15) is 18.0 Å². The average Bonchev–Trinajstić information content (AvgIpc) is 3.36. The molecule has 1 amide bonds. The maximum Gasteiger partial charge on any atom is 0.249 e. The summed E-state index contributed by atoms with van der Waals surface area (Å²) in [6.07, 6.45) is -0.161. The molecule has 1 aliphatic rings. The fourth-order valence-corrected chi connectivity index (χ4v) is 7.13. The Balaban J connectivity index is 1.56. The number of nitrogens with one attached hydrogen (secondary N) is 1. The van der Waals surface area contributed by atoms with Crippen LogP contribution in [-0.4, -0.2) is 48.0 Å². The highest BCUT2D eigenvalue weighted by molar-refractivity contribution is 8.02. The van der Waals surface area contributed by atoms with Crippen molar-refractivity contribution in [2.45, 2.75) is 22.7 Å². The molecule has 190 valence electrons. The summed E-state index contributed by atoms with van der Waals surface area (Å²) in [5.74, 6) is -2.61. The van der Waals surface area contributed by atoms with Crippen LogP contribution < -0.4 is 5.32 Å². The second kappa shape index (κ2) is 11.0. The number of benzene rings is 3. The van der Waals surface area contributed by atoms with Gasteiger partial charge in [0.05, 0.1) is 10.9 Å². The molecule has 0 aliphatic carbocycles. The summed E-state index contributed by atoms with van der Waals surface area (Å²) in [4.78, 5) is 13.0. The average molecular weight is 537 g/mol. The van der Waals surface area contributed by atoms with Gasteiger partial charge in [0, 0.05) is 30.0 Å². The summed E-state index contributed by atoms with van der Waals surface area (Å²) in [5.41, 5.74) is 0.419. The second-order valence-corrected chi connectivity index (χ2v) is 11.1. The summed E-state index contributed by atoms with van der Waals surface area (Å²) in [7, 11) is -4.11. The van der Waals surface area contributed by atoms with E-state index in [0.29, 0.717) is 16.9 Å². The number of hydrogen-bond acceptors (Lipinski definition) is 5. The predicted octanol–water partition coefficient (Wildman–Crippen LogP) is 4.07. The van der Waals surface area contributed by atoms with E-state index in [1.54, 1.807) is 18.2 Å². The van der Waals surface area contributed by atoms with E-state index in [-0.39, 0.29) is 17.9 Å². The third kappa shape index (κ3) is 5.29. The van der Waals surface area contributed by atoms with Gasteiger partial charge in [-0.2, -0.15) is 4.31 Å². The zero-order valence-electron chi connectivity index (χ0n) is 18.9. The van der Waals surface area contributed by atoms with Crippen LogP contribution in [0, 0.1) is 17.5 Å². The van der Waals surface area contributed by atoms with Gasteiger partial charge < -0.3 is 10.4 Å². The SMILES string of the molecule is O=C(N[C@@H](CCO)c1c(F)cccc1F)C1SCCN1S(=O)(=O)c1ccc(-c2ccccc2F)cc1. The van der Waals surface area contributed by atoms with Crippen LogP contribution in [0.15, 0.2) is 71.6 Å². The molecular weight excluding hydrogens is 513 g/mol. The number of carbonyl (C=O) groups excluding carboxylic acids is 1. The number of hydrogen-bond donors (Lipinski definition) is 2. The number of carbonyl (C=O) groups is 1. The molecule has 2 atom stereocenters. The van der Waals surface area contributed by atoms with Crippen LogP contribution in [0.4, 0.5) is 13.2 Å². The van der Waals surface area contributed by atoms with Gasteiger partial charge in [-0.3, -0.25) is 4.79 Å². The Kier molecular flexibility index (Phi) is 8.04. The van der Waals surface area contributed by atoms with Crippen molar-refractivity contribution >= 4 is 27.7 Å². The number of rotatable bonds is 8. The molecule has 3 aromatic carbocycles. The fourth-order valence-electron chi connectivity index (χ4n) is 4.05. The van der Waals surface area contributed by atoms with Crippen molar-refractivity contribution in [2.75, 3.05) is 18.9 Å². The summed E-state index contributed by atoms with van der Waals surface area (Å²) in [6.45, 7) is -0.397. The van der Waals surface area contributed by atoms with E-state index in [2.05, 4.69) is 5.32 Å². The Hall–Kier alpha value is -2.86. The smallest absolute Gasteiger partial charge is 0.249 e. The van der Waals surface area contributed by atoms with Crippen LogP contribution in [0.25, 0.3) is 11.1 Å². The molecule has 0 aromatic heterocycles. The molecule has 1 heterocycles. The fraction of sp³-hybridized carbons (Fsp3) is 0.240. The summed E-state index contributed by atoms with van der Waals surface area (Å²) >= 11 is 1.08. The Morgan fingerprint density at radius 1 is 1.00 bits per heavy atom. The summed E-state index contributed by atoms with van der Waals surface area (Å²) in [5, 5.41) is 10.7. The number of thioether (sulfide) groups is 1. The highest BCUT2D eigenvalue weighted by Crippen LogP contribution is 2.33. The number of amides is 1. The van der Waals surface area contributed by atoms with E-state index in [9.17, 15) is 31.5 Å². The molecule has 0 radical (unpaired) electrons.